The van der Waals surface area contributed by atoms with Gasteiger partial charge in [0.15, 0.2) is 0 Å². The number of carbonyl (C=O) groups excluding carboxylic acids is 1. The van der Waals surface area contributed by atoms with E-state index in [2.05, 4.69) is 5.32 Å². The van der Waals surface area contributed by atoms with E-state index >= 15 is 0 Å². The van der Waals surface area contributed by atoms with Gasteiger partial charge in [0, 0.05) is 16.3 Å². The van der Waals surface area contributed by atoms with Crippen molar-refractivity contribution >= 4 is 33.0 Å². The number of carbonyl (C=O) groups is 1. The fraction of sp³-hybridized carbons (Fsp3) is 0.300. The number of benzene rings is 2. The minimum atomic E-state index is -5.75. The zero-order valence-corrected chi connectivity index (χ0v) is 18.4. The predicted octanol–water partition coefficient (Wildman–Crippen LogP) is 5.07. The van der Waals surface area contributed by atoms with Gasteiger partial charge >= 0.3 is 5.51 Å². The van der Waals surface area contributed by atoms with Crippen LogP contribution in [0.4, 0.5) is 18.9 Å². The molecule has 0 saturated heterocycles. The van der Waals surface area contributed by atoms with Crippen molar-refractivity contribution in [1.82, 2.24) is 0 Å². The molecule has 0 aliphatic heterocycles. The molecule has 0 unspecified atom stereocenters. The molecule has 0 heterocycles. The van der Waals surface area contributed by atoms with Crippen LogP contribution in [0.5, 0.6) is 5.75 Å². The van der Waals surface area contributed by atoms with E-state index in [4.69, 9.17) is 16.9 Å². The van der Waals surface area contributed by atoms with E-state index in [1.165, 1.54) is 19.1 Å². The lowest BCUT2D eigenvalue weighted by Crippen LogP contribution is -2.24. The highest BCUT2D eigenvalue weighted by atomic mass is 35.5. The highest BCUT2D eigenvalue weighted by molar-refractivity contribution is 7.92. The third-order valence-corrected chi connectivity index (χ3v) is 6.42. The first-order valence-electron chi connectivity index (χ1n) is 8.71. The summed E-state index contributed by atoms with van der Waals surface area (Å²) in [6, 6.07) is 5.23. The lowest BCUT2D eigenvalue weighted by Gasteiger charge is -2.23. The Morgan fingerprint density at radius 1 is 1.19 bits per heavy atom. The van der Waals surface area contributed by atoms with Crippen LogP contribution < -0.4 is 5.32 Å². The molecular weight excluding hydrogens is 457 g/mol. The Morgan fingerprint density at radius 2 is 1.77 bits per heavy atom. The van der Waals surface area contributed by atoms with Crippen LogP contribution in [0.3, 0.4) is 0 Å². The molecule has 6 nitrogen and oxygen atoms in total. The van der Waals surface area contributed by atoms with E-state index in [1.807, 2.05) is 0 Å². The molecule has 0 aromatic heterocycles. The van der Waals surface area contributed by atoms with Crippen LogP contribution >= 0.6 is 11.6 Å². The normalized spacial score (nSPS) is 12.4. The molecule has 0 aliphatic carbocycles. The van der Waals surface area contributed by atoms with Crippen LogP contribution in [0.15, 0.2) is 29.2 Å². The lowest BCUT2D eigenvalue weighted by molar-refractivity contribution is -0.0436. The van der Waals surface area contributed by atoms with Crippen LogP contribution in [0.25, 0.3) is 0 Å². The molecule has 31 heavy (non-hydrogen) atoms. The molecule has 0 spiro atoms. The Labute approximate surface area is 182 Å². The van der Waals surface area contributed by atoms with Gasteiger partial charge in [0.05, 0.1) is 16.0 Å². The highest BCUT2D eigenvalue weighted by Crippen LogP contribution is 2.39. The van der Waals surface area contributed by atoms with Gasteiger partial charge in [-0.15, -0.1) is 0 Å². The number of hydrogen-bond donors (Lipinski definition) is 2. The Hall–Kier alpha value is -2.77. The second-order valence-corrected chi connectivity index (χ2v) is 10.0. The molecule has 0 saturated carbocycles. The fourth-order valence-corrected chi connectivity index (χ4v) is 3.93. The summed E-state index contributed by atoms with van der Waals surface area (Å²) in [6.07, 6.45) is 0. The molecule has 0 bridgehead atoms. The van der Waals surface area contributed by atoms with E-state index in [0.29, 0.717) is 11.6 Å². The maximum absolute atomic E-state index is 12.8. The molecule has 0 fully saturated rings. The monoisotopic (exact) mass is 474 g/mol. The first-order chi connectivity index (χ1) is 14.0. The van der Waals surface area contributed by atoms with E-state index in [9.17, 15) is 31.5 Å². The van der Waals surface area contributed by atoms with Crippen molar-refractivity contribution in [3.05, 3.63) is 51.5 Å². The second-order valence-electron chi connectivity index (χ2n) is 7.73. The van der Waals surface area contributed by atoms with Gasteiger partial charge in [0.1, 0.15) is 11.8 Å². The van der Waals surface area contributed by atoms with Gasteiger partial charge in [-0.05, 0) is 42.2 Å². The summed E-state index contributed by atoms with van der Waals surface area (Å²) in [4.78, 5) is 11.6. The number of halogens is 4. The van der Waals surface area contributed by atoms with E-state index < -0.39 is 37.1 Å². The Morgan fingerprint density at radius 3 is 2.26 bits per heavy atom. The van der Waals surface area contributed by atoms with Crippen molar-refractivity contribution in [3.8, 4) is 11.8 Å². The first kappa shape index (κ1) is 24.5. The average molecular weight is 475 g/mol. The predicted molar refractivity (Wildman–Crippen MR) is 109 cm³/mol. The molecule has 11 heteroatoms. The van der Waals surface area contributed by atoms with Gasteiger partial charge in [-0.25, -0.2) is 8.42 Å². The van der Waals surface area contributed by atoms with E-state index in [1.54, 1.807) is 20.8 Å². The molecule has 2 aromatic rings. The number of nitriles is 1. The third-order valence-electron chi connectivity index (χ3n) is 4.48. The number of phenols is 1. The highest BCUT2D eigenvalue weighted by Gasteiger charge is 2.48. The van der Waals surface area contributed by atoms with E-state index in [0.717, 1.165) is 12.1 Å². The minimum absolute atomic E-state index is 0.140. The smallest absolute Gasteiger partial charge is 0.501 e. The Balaban J connectivity index is 2.54. The maximum Gasteiger partial charge on any atom is 0.501 e. The van der Waals surface area contributed by atoms with Crippen LogP contribution in [-0.4, -0.2) is 24.9 Å². The first-order valence-corrected chi connectivity index (χ1v) is 10.6. The topological polar surface area (TPSA) is 107 Å². The number of anilines is 1. The summed E-state index contributed by atoms with van der Waals surface area (Å²) in [5.41, 5.74) is -6.56. The molecular formula is C20H18ClF3N2O4S. The van der Waals surface area contributed by atoms with Crippen LogP contribution in [-0.2, 0) is 15.3 Å². The minimum Gasteiger partial charge on any atom is -0.507 e. The van der Waals surface area contributed by atoms with Gasteiger partial charge in [-0.1, -0.05) is 32.4 Å². The average Bonchev–Trinajstić information content (AvgIpc) is 2.62. The van der Waals surface area contributed by atoms with Crippen LogP contribution in [0, 0.1) is 18.3 Å². The quantitative estimate of drug-likeness (QED) is 0.645. The number of nitrogens with one attached hydrogen (secondary N) is 1. The summed E-state index contributed by atoms with van der Waals surface area (Å²) in [5.74, 6) is -1.15. The van der Waals surface area contributed by atoms with Crippen molar-refractivity contribution in [3.63, 3.8) is 0 Å². The number of rotatable bonds is 3. The van der Waals surface area contributed by atoms with Gasteiger partial charge in [0.25, 0.3) is 15.7 Å². The number of aromatic hydroxyl groups is 1. The summed E-state index contributed by atoms with van der Waals surface area (Å²) in [7, 11) is -5.75. The SMILES string of the molecule is Cc1c(Cl)cc(C(C)(C)C)c(O)c1C(=O)Nc1ccc(S(=O)(=O)C(F)(F)F)c(C#N)c1. The Bertz CT molecular complexity index is 1210. The van der Waals surface area contributed by atoms with Crippen LogP contribution in [0.2, 0.25) is 5.02 Å². The van der Waals surface area contributed by atoms with Gasteiger partial charge < -0.3 is 10.4 Å². The molecule has 0 radical (unpaired) electrons. The molecule has 2 aromatic carbocycles. The second kappa shape index (κ2) is 8.05. The number of phenolic OH excluding ortho intramolecular Hbond substituents is 1. The van der Waals surface area contributed by atoms with Gasteiger partial charge in [-0.2, -0.15) is 18.4 Å². The van der Waals surface area contributed by atoms with Crippen LogP contribution in [0.1, 0.15) is 47.8 Å². The standard InChI is InChI=1S/C20H18ClF3N2O4S/c1-10-14(21)8-13(19(2,3)4)17(27)16(10)18(28)26-12-5-6-15(11(7-12)9-25)31(29,30)20(22,23)24/h5-8,27H,1-4H3,(H,26,28). The van der Waals surface area contributed by atoms with Gasteiger partial charge in [0.2, 0.25) is 0 Å². The summed E-state index contributed by atoms with van der Waals surface area (Å²) >= 11 is 6.20. The summed E-state index contributed by atoms with van der Waals surface area (Å²) in [5, 5.41) is 22.3. The zero-order chi connectivity index (χ0) is 23.9. The van der Waals surface area contributed by atoms with Crippen molar-refractivity contribution in [2.45, 2.75) is 43.5 Å². The van der Waals surface area contributed by atoms with Crippen molar-refractivity contribution < 1.29 is 31.5 Å². The molecule has 0 atom stereocenters. The number of sulfone groups is 1. The molecule has 2 rings (SSSR count). The molecule has 166 valence electrons. The van der Waals surface area contributed by atoms with Crippen molar-refractivity contribution in [2.24, 2.45) is 0 Å². The number of alkyl halides is 3. The van der Waals surface area contributed by atoms with E-state index in [-0.39, 0.29) is 27.6 Å². The molecule has 0 aliphatic rings. The lowest BCUT2D eigenvalue weighted by atomic mass is 9.84. The van der Waals surface area contributed by atoms with Gasteiger partial charge in [-0.3, -0.25) is 4.79 Å². The summed E-state index contributed by atoms with van der Waals surface area (Å²) < 4.78 is 61.7. The Kier molecular flexibility index (Phi) is 6.36. The van der Waals surface area contributed by atoms with Crippen molar-refractivity contribution in [1.29, 1.82) is 5.26 Å². The molecule has 2 N–H and O–H groups in total. The number of amides is 1. The number of hydrogen-bond acceptors (Lipinski definition) is 5. The maximum atomic E-state index is 12.8. The fourth-order valence-electron chi connectivity index (χ4n) is 2.83. The molecule has 1 amide bonds. The van der Waals surface area contributed by atoms with Crippen molar-refractivity contribution in [2.75, 3.05) is 5.32 Å². The number of nitrogens with zero attached hydrogens (tertiary/aromatic N) is 1. The zero-order valence-electron chi connectivity index (χ0n) is 16.8. The largest absolute Gasteiger partial charge is 0.507 e. The summed E-state index contributed by atoms with van der Waals surface area (Å²) in [6.45, 7) is 6.90. The third kappa shape index (κ3) is 4.62.